The minimum atomic E-state index is -2.31. The number of esters is 1. The van der Waals surface area contributed by atoms with Gasteiger partial charge in [-0.3, -0.25) is 0 Å². The van der Waals surface area contributed by atoms with E-state index in [1.807, 2.05) is 13.8 Å². The number of unbranched alkanes of at least 4 members (excludes halogenated alkanes) is 3. The molecule has 0 aromatic carbocycles. The fourth-order valence-electron chi connectivity index (χ4n) is 4.24. The molecular formula is C26H52O3SiSn. The molecule has 0 aliphatic heterocycles. The van der Waals surface area contributed by atoms with E-state index in [9.17, 15) is 4.79 Å². The summed E-state index contributed by atoms with van der Waals surface area (Å²) in [7, 11) is -0.375. The molecule has 3 nitrogen and oxygen atoms in total. The van der Waals surface area contributed by atoms with E-state index in [1.54, 1.807) is 0 Å². The van der Waals surface area contributed by atoms with Crippen molar-refractivity contribution in [2.45, 2.75) is 119 Å². The van der Waals surface area contributed by atoms with Gasteiger partial charge in [-0.15, -0.1) is 0 Å². The van der Waals surface area contributed by atoms with Crippen LogP contribution < -0.4 is 0 Å². The zero-order valence-corrected chi connectivity index (χ0v) is 26.3. The topological polar surface area (TPSA) is 35.5 Å². The Kier molecular flexibility index (Phi) is 14.9. The second kappa shape index (κ2) is 14.9. The summed E-state index contributed by atoms with van der Waals surface area (Å²) < 4.78 is 18.7. The zero-order chi connectivity index (χ0) is 24.1. The summed E-state index contributed by atoms with van der Waals surface area (Å²) in [5, 5.41) is 0. The summed E-state index contributed by atoms with van der Waals surface area (Å²) >= 11 is -2.31. The Morgan fingerprint density at radius 2 is 1.42 bits per heavy atom. The van der Waals surface area contributed by atoms with Crippen molar-refractivity contribution in [3.63, 3.8) is 0 Å². The number of rotatable bonds is 16. The van der Waals surface area contributed by atoms with Crippen molar-refractivity contribution in [3.8, 4) is 0 Å². The van der Waals surface area contributed by atoms with Crippen LogP contribution in [0.4, 0.5) is 0 Å². The number of hydrogen-bond acceptors (Lipinski definition) is 3. The van der Waals surface area contributed by atoms with Crippen LogP contribution in [-0.2, 0) is 14.0 Å². The molecule has 31 heavy (non-hydrogen) atoms. The van der Waals surface area contributed by atoms with Gasteiger partial charge in [0.05, 0.1) is 0 Å². The molecule has 0 bridgehead atoms. The third-order valence-corrected chi connectivity index (χ3v) is 21.2. The van der Waals surface area contributed by atoms with E-state index in [2.05, 4.69) is 63.6 Å². The first-order valence-corrected chi connectivity index (χ1v) is 23.6. The Hall–Kier alpha value is -0.0744. The molecule has 0 fully saturated rings. The summed E-state index contributed by atoms with van der Waals surface area (Å²) in [5.74, 6) is -0.213. The van der Waals surface area contributed by atoms with E-state index in [0.717, 1.165) is 5.57 Å². The van der Waals surface area contributed by atoms with Crippen LogP contribution in [0.1, 0.15) is 80.1 Å². The molecule has 0 N–H and O–H groups in total. The van der Waals surface area contributed by atoms with Crippen molar-refractivity contribution in [1.82, 2.24) is 0 Å². The van der Waals surface area contributed by atoms with Crippen LogP contribution in [0.15, 0.2) is 21.8 Å². The SMILES string of the molecule is CCC[CH2][Sn](/[CH]=C/C=C(\C)[C@@H](O[Si](C)(C)C)C(C)(C)C(=O)OC)([CH2]CCC)[CH2]CCC. The molecule has 0 aromatic heterocycles. The second-order valence-electron chi connectivity index (χ2n) is 10.8. The van der Waals surface area contributed by atoms with Crippen molar-refractivity contribution in [2.75, 3.05) is 7.11 Å². The van der Waals surface area contributed by atoms with Crippen LogP contribution in [0, 0.1) is 5.41 Å². The maximum absolute atomic E-state index is 12.5. The minimum absolute atomic E-state index is 0.213. The summed E-state index contributed by atoms with van der Waals surface area (Å²) in [6, 6.07) is 0. The average Bonchev–Trinajstić information content (AvgIpc) is 2.71. The fourth-order valence-corrected chi connectivity index (χ4v) is 19.5. The number of carbonyl (C=O) groups excluding carboxylic acids is 1. The number of methoxy groups -OCH3 is 1. The first-order chi connectivity index (χ1) is 14.4. The van der Waals surface area contributed by atoms with Crippen LogP contribution in [0.5, 0.6) is 0 Å². The van der Waals surface area contributed by atoms with Crippen molar-refractivity contribution >= 4 is 32.7 Å². The van der Waals surface area contributed by atoms with E-state index in [0.29, 0.717) is 0 Å². The Morgan fingerprint density at radius 3 is 1.77 bits per heavy atom. The first-order valence-electron chi connectivity index (χ1n) is 12.5. The van der Waals surface area contributed by atoms with Gasteiger partial charge in [-0.1, -0.05) is 0 Å². The molecule has 0 spiro atoms. The van der Waals surface area contributed by atoms with Crippen molar-refractivity contribution in [1.29, 1.82) is 0 Å². The van der Waals surface area contributed by atoms with Crippen LogP contribution in [0.3, 0.4) is 0 Å². The van der Waals surface area contributed by atoms with Gasteiger partial charge in [-0.2, -0.15) is 0 Å². The van der Waals surface area contributed by atoms with Gasteiger partial charge in [-0.25, -0.2) is 0 Å². The molecule has 5 heteroatoms. The molecule has 0 aliphatic carbocycles. The number of hydrogen-bond donors (Lipinski definition) is 0. The summed E-state index contributed by atoms with van der Waals surface area (Å²) in [5.41, 5.74) is 0.409. The molecule has 0 heterocycles. The molecule has 0 saturated heterocycles. The molecule has 0 rings (SSSR count). The number of ether oxygens (including phenoxy) is 1. The summed E-state index contributed by atoms with van der Waals surface area (Å²) in [4.78, 5) is 12.5. The van der Waals surface area contributed by atoms with Gasteiger partial charge >= 0.3 is 200 Å². The van der Waals surface area contributed by atoms with Gasteiger partial charge in [-0.05, 0) is 0 Å². The molecule has 0 saturated carbocycles. The maximum atomic E-state index is 12.5. The Bertz CT molecular complexity index is 554. The van der Waals surface area contributed by atoms with Crippen molar-refractivity contribution in [3.05, 3.63) is 21.8 Å². The molecule has 0 aliphatic rings. The third kappa shape index (κ3) is 11.6. The standard InChI is InChI=1S/C14H25O3Si.3C4H9.Sn/c1-9-10-11(2)12(17-18(6,7)8)14(3,4)13(15)16-5;3*1-3-4-2;/h1,9-10,12H,2-8H3;3*1,3-4H2,2H3;/b9-1?,11-10+;;;;/t12-;;;;/m1..../s1. The Labute approximate surface area is 199 Å². The monoisotopic (exact) mass is 560 g/mol. The van der Waals surface area contributed by atoms with E-state index >= 15 is 0 Å². The van der Waals surface area contributed by atoms with Crippen LogP contribution >= 0.6 is 0 Å². The van der Waals surface area contributed by atoms with Crippen molar-refractivity contribution in [2.24, 2.45) is 5.41 Å². The quantitative estimate of drug-likeness (QED) is 0.108. The zero-order valence-electron chi connectivity index (χ0n) is 22.4. The van der Waals surface area contributed by atoms with Gasteiger partial charge in [0.2, 0.25) is 0 Å². The molecule has 0 amide bonds. The molecule has 0 radical (unpaired) electrons. The van der Waals surface area contributed by atoms with Gasteiger partial charge in [0, 0.05) is 0 Å². The summed E-state index contributed by atoms with van der Waals surface area (Å²) in [6.45, 7) is 19.5. The number of allylic oxidation sites excluding steroid dienone is 2. The van der Waals surface area contributed by atoms with Gasteiger partial charge in [0.15, 0.2) is 0 Å². The number of carbonyl (C=O) groups is 1. The second-order valence-corrected chi connectivity index (χ2v) is 28.2. The van der Waals surface area contributed by atoms with Crippen LogP contribution in [0.2, 0.25) is 33.0 Å². The van der Waals surface area contributed by atoms with Crippen LogP contribution in [-0.4, -0.2) is 45.9 Å². The van der Waals surface area contributed by atoms with Crippen LogP contribution in [0.25, 0.3) is 0 Å². The molecule has 0 unspecified atom stereocenters. The predicted octanol–water partition coefficient (Wildman–Crippen LogP) is 8.30. The fraction of sp³-hybridized carbons (Fsp3) is 0.808. The third-order valence-electron chi connectivity index (χ3n) is 6.15. The molecule has 0 aromatic rings. The van der Waals surface area contributed by atoms with E-state index in [-0.39, 0.29) is 12.1 Å². The Morgan fingerprint density at radius 1 is 0.968 bits per heavy atom. The summed E-state index contributed by atoms with van der Waals surface area (Å²) in [6.07, 6.45) is 12.3. The Balaban J connectivity index is 5.94. The van der Waals surface area contributed by atoms with E-state index in [1.165, 1.54) is 58.9 Å². The van der Waals surface area contributed by atoms with Gasteiger partial charge in [0.25, 0.3) is 0 Å². The normalized spacial score (nSPS) is 14.8. The molecule has 1 atom stereocenters. The molecular weight excluding hydrogens is 507 g/mol. The van der Waals surface area contributed by atoms with Crippen molar-refractivity contribution < 1.29 is 14.0 Å². The van der Waals surface area contributed by atoms with E-state index < -0.39 is 32.1 Å². The van der Waals surface area contributed by atoms with Gasteiger partial charge in [0.1, 0.15) is 0 Å². The average molecular weight is 559 g/mol. The van der Waals surface area contributed by atoms with E-state index in [4.69, 9.17) is 9.16 Å². The van der Waals surface area contributed by atoms with Gasteiger partial charge < -0.3 is 0 Å². The predicted molar refractivity (Wildman–Crippen MR) is 142 cm³/mol. The first kappa shape index (κ1) is 30.9. The molecule has 182 valence electrons.